The molecule has 122 valence electrons. The maximum absolute atomic E-state index is 12.5. The third-order valence-corrected chi connectivity index (χ3v) is 4.96. The van der Waals surface area contributed by atoms with Gasteiger partial charge in [-0.05, 0) is 43.7 Å². The zero-order valence-electron chi connectivity index (χ0n) is 12.7. The van der Waals surface area contributed by atoms with Crippen LogP contribution < -0.4 is 4.72 Å². The Morgan fingerprint density at radius 2 is 1.91 bits per heavy atom. The molecule has 7 heteroatoms. The second-order valence-corrected chi connectivity index (χ2v) is 6.84. The van der Waals surface area contributed by atoms with E-state index in [1.54, 1.807) is 32.0 Å². The van der Waals surface area contributed by atoms with Crippen LogP contribution in [0.2, 0.25) is 5.02 Å². The van der Waals surface area contributed by atoms with E-state index in [1.165, 1.54) is 24.3 Å². The number of benzene rings is 2. The highest BCUT2D eigenvalue weighted by molar-refractivity contribution is 7.92. The van der Waals surface area contributed by atoms with Gasteiger partial charge in [-0.3, -0.25) is 4.72 Å². The van der Waals surface area contributed by atoms with Gasteiger partial charge in [-0.1, -0.05) is 29.8 Å². The van der Waals surface area contributed by atoms with E-state index < -0.39 is 16.0 Å². The lowest BCUT2D eigenvalue weighted by atomic mass is 10.2. The quantitative estimate of drug-likeness (QED) is 0.833. The smallest absolute Gasteiger partial charge is 0.338 e. The van der Waals surface area contributed by atoms with Crippen molar-refractivity contribution in [2.75, 3.05) is 11.3 Å². The van der Waals surface area contributed by atoms with E-state index in [2.05, 4.69) is 4.72 Å². The molecule has 0 heterocycles. The summed E-state index contributed by atoms with van der Waals surface area (Å²) < 4.78 is 32.3. The highest BCUT2D eigenvalue weighted by Gasteiger charge is 2.19. The predicted octanol–water partition coefficient (Wildman–Crippen LogP) is 3.63. The van der Waals surface area contributed by atoms with Gasteiger partial charge in [-0.25, -0.2) is 13.2 Å². The lowest BCUT2D eigenvalue weighted by Gasteiger charge is -2.12. The number of ether oxygens (including phenoxy) is 1. The van der Waals surface area contributed by atoms with Crippen molar-refractivity contribution in [1.29, 1.82) is 0 Å². The summed E-state index contributed by atoms with van der Waals surface area (Å²) in [6.07, 6.45) is 0. The van der Waals surface area contributed by atoms with Gasteiger partial charge in [-0.15, -0.1) is 0 Å². The first-order valence-electron chi connectivity index (χ1n) is 6.90. The van der Waals surface area contributed by atoms with Gasteiger partial charge in [0.15, 0.2) is 0 Å². The fourth-order valence-electron chi connectivity index (χ4n) is 2.00. The number of nitrogens with one attached hydrogen (secondary N) is 1. The molecule has 0 amide bonds. The number of anilines is 1. The van der Waals surface area contributed by atoms with E-state index in [4.69, 9.17) is 16.3 Å². The van der Waals surface area contributed by atoms with E-state index in [1.807, 2.05) is 0 Å². The van der Waals surface area contributed by atoms with Crippen LogP contribution in [0.5, 0.6) is 0 Å². The van der Waals surface area contributed by atoms with Gasteiger partial charge >= 0.3 is 5.97 Å². The maximum atomic E-state index is 12.5. The molecule has 1 N–H and O–H groups in total. The molecule has 2 rings (SSSR count). The summed E-state index contributed by atoms with van der Waals surface area (Å²) in [6.45, 7) is 3.62. The van der Waals surface area contributed by atoms with Crippen molar-refractivity contribution in [1.82, 2.24) is 0 Å². The molecule has 0 saturated carbocycles. The number of hydrogen-bond donors (Lipinski definition) is 1. The van der Waals surface area contributed by atoms with Gasteiger partial charge < -0.3 is 4.74 Å². The van der Waals surface area contributed by atoms with Crippen molar-refractivity contribution >= 4 is 33.3 Å². The lowest BCUT2D eigenvalue weighted by Crippen LogP contribution is -2.15. The van der Waals surface area contributed by atoms with Crippen LogP contribution in [-0.4, -0.2) is 21.0 Å². The second-order valence-electron chi connectivity index (χ2n) is 4.79. The molecule has 0 aliphatic rings. The Hall–Kier alpha value is -2.05. The average molecular weight is 354 g/mol. The number of aryl methyl sites for hydroxylation is 1. The summed E-state index contributed by atoms with van der Waals surface area (Å²) in [5.41, 5.74) is 0.955. The van der Waals surface area contributed by atoms with E-state index in [0.29, 0.717) is 5.56 Å². The van der Waals surface area contributed by atoms with Crippen LogP contribution in [0.4, 0.5) is 5.69 Å². The lowest BCUT2D eigenvalue weighted by molar-refractivity contribution is 0.0526. The first kappa shape index (κ1) is 17.3. The number of esters is 1. The Bertz CT molecular complexity index is 834. The fourth-order valence-corrected chi connectivity index (χ4v) is 3.54. The Labute approximate surface area is 140 Å². The van der Waals surface area contributed by atoms with Gasteiger partial charge in [0.2, 0.25) is 0 Å². The molecule has 2 aromatic carbocycles. The molecule has 0 aromatic heterocycles. The van der Waals surface area contributed by atoms with E-state index in [0.717, 1.165) is 0 Å². The number of halogens is 1. The molecule has 0 fully saturated rings. The molecule has 0 radical (unpaired) electrons. The molecule has 0 spiro atoms. The molecule has 0 aliphatic carbocycles. The normalized spacial score (nSPS) is 11.1. The third kappa shape index (κ3) is 4.03. The Kier molecular flexibility index (Phi) is 5.28. The fraction of sp³-hybridized carbons (Fsp3) is 0.188. The van der Waals surface area contributed by atoms with Crippen molar-refractivity contribution in [2.24, 2.45) is 0 Å². The number of rotatable bonds is 5. The van der Waals surface area contributed by atoms with Gasteiger partial charge in [-0.2, -0.15) is 0 Å². The van der Waals surface area contributed by atoms with Crippen molar-refractivity contribution in [3.05, 3.63) is 58.6 Å². The standard InChI is InChI=1S/C16H16ClNO4S/c1-3-22-16(19)12-8-9-13(17)14(10-12)18-23(20,21)15-7-5-4-6-11(15)2/h4-10,18H,3H2,1-2H3. The van der Waals surface area contributed by atoms with Crippen LogP contribution in [0.3, 0.4) is 0 Å². The minimum absolute atomic E-state index is 0.125. The molecule has 5 nitrogen and oxygen atoms in total. The molecular weight excluding hydrogens is 338 g/mol. The zero-order chi connectivity index (χ0) is 17.0. The molecule has 23 heavy (non-hydrogen) atoms. The van der Waals surface area contributed by atoms with E-state index in [9.17, 15) is 13.2 Å². The van der Waals surface area contributed by atoms with Gasteiger partial charge in [0, 0.05) is 0 Å². The molecule has 0 atom stereocenters. The molecule has 0 bridgehead atoms. The van der Waals surface area contributed by atoms with Crippen molar-refractivity contribution in [3.8, 4) is 0 Å². The predicted molar refractivity (Wildman–Crippen MR) is 89.4 cm³/mol. The number of sulfonamides is 1. The second kappa shape index (κ2) is 7.02. The molecule has 0 aliphatic heterocycles. The van der Waals surface area contributed by atoms with Crippen LogP contribution in [0.15, 0.2) is 47.4 Å². The first-order valence-corrected chi connectivity index (χ1v) is 8.76. The largest absolute Gasteiger partial charge is 0.462 e. The molecule has 2 aromatic rings. The van der Waals surface area contributed by atoms with Crippen LogP contribution in [0, 0.1) is 6.92 Å². The molecule has 0 unspecified atom stereocenters. The molecule has 0 saturated heterocycles. The van der Waals surface area contributed by atoms with E-state index >= 15 is 0 Å². The average Bonchev–Trinajstić information content (AvgIpc) is 2.49. The van der Waals surface area contributed by atoms with E-state index in [-0.39, 0.29) is 27.8 Å². The van der Waals surface area contributed by atoms with Gasteiger partial charge in [0.1, 0.15) is 0 Å². The van der Waals surface area contributed by atoms with Crippen molar-refractivity contribution < 1.29 is 17.9 Å². The first-order chi connectivity index (χ1) is 10.8. The highest BCUT2D eigenvalue weighted by Crippen LogP contribution is 2.27. The van der Waals surface area contributed by atoms with Crippen LogP contribution >= 0.6 is 11.6 Å². The van der Waals surface area contributed by atoms with Crippen molar-refractivity contribution in [3.63, 3.8) is 0 Å². The van der Waals surface area contributed by atoms with Crippen LogP contribution in [0.1, 0.15) is 22.8 Å². The van der Waals surface area contributed by atoms with Crippen LogP contribution in [0.25, 0.3) is 0 Å². The summed E-state index contributed by atoms with van der Waals surface area (Å²) in [6, 6.07) is 10.9. The number of carbonyl (C=O) groups excluding carboxylic acids is 1. The summed E-state index contributed by atoms with van der Waals surface area (Å²) >= 11 is 6.03. The van der Waals surface area contributed by atoms with Crippen molar-refractivity contribution in [2.45, 2.75) is 18.7 Å². The Morgan fingerprint density at radius 1 is 1.22 bits per heavy atom. The minimum atomic E-state index is -3.81. The topological polar surface area (TPSA) is 72.5 Å². The summed E-state index contributed by atoms with van der Waals surface area (Å²) in [5, 5.41) is 0.190. The summed E-state index contributed by atoms with van der Waals surface area (Å²) in [5.74, 6) is -0.541. The minimum Gasteiger partial charge on any atom is -0.462 e. The number of carbonyl (C=O) groups is 1. The van der Waals surface area contributed by atoms with Gasteiger partial charge in [0.05, 0.1) is 27.8 Å². The summed E-state index contributed by atoms with van der Waals surface area (Å²) in [7, 11) is -3.81. The molecular formula is C16H16ClNO4S. The maximum Gasteiger partial charge on any atom is 0.338 e. The van der Waals surface area contributed by atoms with Crippen LogP contribution in [-0.2, 0) is 14.8 Å². The monoisotopic (exact) mass is 353 g/mol. The SMILES string of the molecule is CCOC(=O)c1ccc(Cl)c(NS(=O)(=O)c2ccccc2C)c1. The third-order valence-electron chi connectivity index (χ3n) is 3.10. The van der Waals surface area contributed by atoms with Gasteiger partial charge in [0.25, 0.3) is 10.0 Å². The zero-order valence-corrected chi connectivity index (χ0v) is 14.2. The number of hydrogen-bond acceptors (Lipinski definition) is 4. The highest BCUT2D eigenvalue weighted by atomic mass is 35.5. The Morgan fingerprint density at radius 3 is 2.57 bits per heavy atom. The Balaban J connectivity index is 2.38. The summed E-state index contributed by atoms with van der Waals surface area (Å²) in [4.78, 5) is 11.9.